The van der Waals surface area contributed by atoms with Crippen molar-refractivity contribution < 1.29 is 24.5 Å². The van der Waals surface area contributed by atoms with E-state index >= 15 is 0 Å². The zero-order valence-electron chi connectivity index (χ0n) is 21.6. The molecule has 0 saturated carbocycles. The zero-order chi connectivity index (χ0) is 26.9. The van der Waals surface area contributed by atoms with Crippen LogP contribution in [0.5, 0.6) is 5.75 Å². The van der Waals surface area contributed by atoms with Gasteiger partial charge in [0.2, 0.25) is 0 Å². The van der Waals surface area contributed by atoms with Crippen molar-refractivity contribution in [2.45, 2.75) is 47.6 Å². The van der Waals surface area contributed by atoms with Gasteiger partial charge < -0.3 is 14.9 Å². The monoisotopic (exact) mass is 498 g/mol. The van der Waals surface area contributed by atoms with E-state index in [1.54, 1.807) is 6.07 Å². The molecule has 0 bridgehead atoms. The summed E-state index contributed by atoms with van der Waals surface area (Å²) in [4.78, 5) is 23.1. The summed E-state index contributed by atoms with van der Waals surface area (Å²) in [6.45, 7) is 10.4. The molecule has 0 aliphatic rings. The van der Waals surface area contributed by atoms with E-state index in [9.17, 15) is 19.8 Å². The van der Waals surface area contributed by atoms with E-state index in [-0.39, 0.29) is 11.1 Å². The topological polar surface area (TPSA) is 102 Å². The third-order valence-corrected chi connectivity index (χ3v) is 6.90. The van der Waals surface area contributed by atoms with Crippen LogP contribution in [0.2, 0.25) is 0 Å². The highest BCUT2D eigenvalue weighted by Crippen LogP contribution is 2.27. The van der Waals surface area contributed by atoms with Gasteiger partial charge in [-0.2, -0.15) is 5.10 Å². The van der Waals surface area contributed by atoms with Gasteiger partial charge in [0.05, 0.1) is 22.5 Å². The van der Waals surface area contributed by atoms with Crippen molar-refractivity contribution in [2.24, 2.45) is 0 Å². The fourth-order valence-corrected chi connectivity index (χ4v) is 4.45. The van der Waals surface area contributed by atoms with E-state index in [0.717, 1.165) is 45.1 Å². The Kier molecular flexibility index (Phi) is 7.16. The van der Waals surface area contributed by atoms with Crippen molar-refractivity contribution in [2.75, 3.05) is 0 Å². The second-order valence-electron chi connectivity index (χ2n) is 9.32. The molecule has 2 N–H and O–H groups in total. The van der Waals surface area contributed by atoms with E-state index in [1.807, 2.05) is 55.8 Å². The first-order valence-corrected chi connectivity index (χ1v) is 12.0. The molecule has 3 aromatic carbocycles. The maximum atomic E-state index is 11.8. The quantitative estimate of drug-likeness (QED) is 0.310. The number of nitrogens with zero attached hydrogens (tertiary/aromatic N) is 2. The van der Waals surface area contributed by atoms with Crippen LogP contribution in [0, 0.1) is 34.6 Å². The maximum absolute atomic E-state index is 11.8. The lowest BCUT2D eigenvalue weighted by Crippen LogP contribution is -2.09. The summed E-state index contributed by atoms with van der Waals surface area (Å²) in [5.41, 5.74) is 8.65. The highest BCUT2D eigenvalue weighted by atomic mass is 16.5. The summed E-state index contributed by atoms with van der Waals surface area (Å²) in [5, 5.41) is 23.6. The number of aromatic nitrogens is 2. The highest BCUT2D eigenvalue weighted by Gasteiger charge is 2.17. The fraction of sp³-hybridized carbons (Fsp3) is 0.233. The minimum atomic E-state index is -1.16. The molecule has 0 atom stereocenters. The zero-order valence-corrected chi connectivity index (χ0v) is 21.6. The number of carbonyl (C=O) groups is 2. The molecular formula is C30H30N2O5. The van der Waals surface area contributed by atoms with Crippen molar-refractivity contribution in [3.05, 3.63) is 110 Å². The molecule has 0 amide bonds. The van der Waals surface area contributed by atoms with Gasteiger partial charge in [-0.15, -0.1) is 0 Å². The van der Waals surface area contributed by atoms with Gasteiger partial charge in [-0.05, 0) is 105 Å². The van der Waals surface area contributed by atoms with Crippen LogP contribution in [-0.4, -0.2) is 31.9 Å². The van der Waals surface area contributed by atoms with Crippen LogP contribution in [0.3, 0.4) is 0 Å². The van der Waals surface area contributed by atoms with Gasteiger partial charge in [-0.25, -0.2) is 14.3 Å². The van der Waals surface area contributed by atoms with E-state index < -0.39 is 11.9 Å². The molecule has 0 radical (unpaired) electrons. The summed E-state index contributed by atoms with van der Waals surface area (Å²) in [6.07, 6.45) is 0.344. The molecule has 0 aliphatic carbocycles. The Morgan fingerprint density at radius 2 is 1.62 bits per heavy atom. The van der Waals surface area contributed by atoms with E-state index in [4.69, 9.17) is 4.74 Å². The predicted molar refractivity (Wildman–Crippen MR) is 141 cm³/mol. The number of hydrogen-bond donors (Lipinski definition) is 2. The summed E-state index contributed by atoms with van der Waals surface area (Å²) in [6, 6.07) is 16.1. The molecule has 1 aromatic heterocycles. The largest absolute Gasteiger partial charge is 0.489 e. The van der Waals surface area contributed by atoms with Crippen LogP contribution in [0.4, 0.5) is 0 Å². The van der Waals surface area contributed by atoms with Gasteiger partial charge in [0.1, 0.15) is 12.4 Å². The predicted octanol–water partition coefficient (Wildman–Crippen LogP) is 5.98. The maximum Gasteiger partial charge on any atom is 0.336 e. The molecule has 190 valence electrons. The lowest BCUT2D eigenvalue weighted by molar-refractivity contribution is 0.0695. The van der Waals surface area contributed by atoms with E-state index in [2.05, 4.69) is 25.0 Å². The Morgan fingerprint density at radius 1 is 0.865 bits per heavy atom. The Hall–Kier alpha value is -4.39. The van der Waals surface area contributed by atoms with Gasteiger partial charge in [-0.3, -0.25) is 0 Å². The minimum Gasteiger partial charge on any atom is -0.489 e. The third kappa shape index (κ3) is 5.26. The smallest absolute Gasteiger partial charge is 0.336 e. The molecule has 7 heteroatoms. The summed E-state index contributed by atoms with van der Waals surface area (Å²) < 4.78 is 8.18. The van der Waals surface area contributed by atoms with Gasteiger partial charge in [0.25, 0.3) is 0 Å². The number of carboxylic acids is 2. The van der Waals surface area contributed by atoms with Crippen LogP contribution in [0.25, 0.3) is 5.69 Å². The Morgan fingerprint density at radius 3 is 2.24 bits per heavy atom. The molecule has 0 spiro atoms. The average molecular weight is 499 g/mol. The Bertz CT molecular complexity index is 1520. The first-order chi connectivity index (χ1) is 17.6. The second-order valence-corrected chi connectivity index (χ2v) is 9.32. The summed E-state index contributed by atoms with van der Waals surface area (Å²) in [5.74, 6) is -1.56. The molecule has 7 nitrogen and oxygen atoms in total. The summed E-state index contributed by atoms with van der Waals surface area (Å²) in [7, 11) is 0. The van der Waals surface area contributed by atoms with E-state index in [0.29, 0.717) is 18.6 Å². The lowest BCUT2D eigenvalue weighted by Gasteiger charge is -2.17. The highest BCUT2D eigenvalue weighted by molar-refractivity contribution is 5.95. The normalized spacial score (nSPS) is 10.9. The van der Waals surface area contributed by atoms with Crippen molar-refractivity contribution in [1.29, 1.82) is 0 Å². The number of rotatable bonds is 8. The number of ether oxygens (including phenoxy) is 1. The van der Waals surface area contributed by atoms with Gasteiger partial charge in [0, 0.05) is 5.69 Å². The van der Waals surface area contributed by atoms with Crippen molar-refractivity contribution in [1.82, 2.24) is 9.78 Å². The molecule has 1 heterocycles. The van der Waals surface area contributed by atoms with Crippen molar-refractivity contribution in [3.8, 4) is 11.4 Å². The third-order valence-electron chi connectivity index (χ3n) is 6.90. The minimum absolute atomic E-state index is 0.0147. The standard InChI is InChI=1S/C30H30N2O5/c1-17-7-6-8-22(14-23-9-10-24(29(33)34)15-26(23)30(35)36)27(17)16-37-28-12-11-25(13-18(28)2)32-21(5)19(3)20(4)31-32/h6-13,15H,14,16H2,1-5H3,(H,33,34)(H,35,36). The Labute approximate surface area is 216 Å². The molecule has 0 aliphatic heterocycles. The van der Waals surface area contributed by atoms with Gasteiger partial charge in [-0.1, -0.05) is 24.3 Å². The number of aryl methyl sites for hydroxylation is 3. The SMILES string of the molecule is Cc1cc(-n2nc(C)c(C)c2C)ccc1OCc1c(C)cccc1Cc1ccc(C(=O)O)cc1C(=O)O. The molecule has 0 unspecified atom stereocenters. The number of benzene rings is 3. The van der Waals surface area contributed by atoms with Crippen LogP contribution in [0.15, 0.2) is 54.6 Å². The molecule has 0 fully saturated rings. The van der Waals surface area contributed by atoms with Crippen molar-refractivity contribution in [3.63, 3.8) is 0 Å². The Balaban J connectivity index is 1.59. The first kappa shape index (κ1) is 25.7. The first-order valence-electron chi connectivity index (χ1n) is 12.0. The van der Waals surface area contributed by atoms with Crippen LogP contribution in [0.1, 0.15) is 65.5 Å². The molecule has 37 heavy (non-hydrogen) atoms. The molecule has 4 aromatic rings. The van der Waals surface area contributed by atoms with Gasteiger partial charge >= 0.3 is 11.9 Å². The van der Waals surface area contributed by atoms with Crippen LogP contribution < -0.4 is 4.74 Å². The summed E-state index contributed by atoms with van der Waals surface area (Å²) >= 11 is 0. The molecule has 0 saturated heterocycles. The van der Waals surface area contributed by atoms with E-state index in [1.165, 1.54) is 17.7 Å². The van der Waals surface area contributed by atoms with Crippen molar-refractivity contribution >= 4 is 11.9 Å². The number of carboxylic acid groups (broad SMARTS) is 2. The van der Waals surface area contributed by atoms with Crippen LogP contribution >= 0.6 is 0 Å². The van der Waals surface area contributed by atoms with Gasteiger partial charge in [0.15, 0.2) is 0 Å². The average Bonchev–Trinajstić information content (AvgIpc) is 3.11. The van der Waals surface area contributed by atoms with Crippen LogP contribution in [-0.2, 0) is 13.0 Å². The lowest BCUT2D eigenvalue weighted by atomic mass is 9.93. The number of hydrogen-bond acceptors (Lipinski definition) is 4. The second kappa shape index (κ2) is 10.3. The molecular weight excluding hydrogens is 468 g/mol. The fourth-order valence-electron chi connectivity index (χ4n) is 4.45. The molecule has 4 rings (SSSR count). The number of aromatic carboxylic acids is 2.